The van der Waals surface area contributed by atoms with Crippen molar-refractivity contribution in [3.8, 4) is 0 Å². The molecule has 12 rings (SSSR count). The van der Waals surface area contributed by atoms with Gasteiger partial charge in [-0.25, -0.2) is 0 Å². The molecule has 0 unspecified atom stereocenters. The highest BCUT2D eigenvalue weighted by atomic mass is 16.3. The summed E-state index contributed by atoms with van der Waals surface area (Å²) in [5.41, 5.74) is 5.09. The van der Waals surface area contributed by atoms with Gasteiger partial charge in [0.2, 0.25) is 0 Å². The van der Waals surface area contributed by atoms with Crippen molar-refractivity contribution in [1.29, 1.82) is 0 Å². The SMILES string of the molecule is c1ccc2c(N(c3ccc4c(c3)oc3ccccc34)c3cc4cccc5c6cccc7ccc8cccc(c9cccc3c9c45)c8c76)cccc2c1. The van der Waals surface area contributed by atoms with Gasteiger partial charge in [-0.15, -0.1) is 0 Å². The summed E-state index contributed by atoms with van der Waals surface area (Å²) in [4.78, 5) is 2.45. The number of para-hydroxylation sites is 1. The molecule has 1 heterocycles. The summed E-state index contributed by atoms with van der Waals surface area (Å²) in [7, 11) is 0. The first kappa shape index (κ1) is 27.9. The highest BCUT2D eigenvalue weighted by molar-refractivity contribution is 6.38. The molecule has 0 amide bonds. The summed E-state index contributed by atoms with van der Waals surface area (Å²) in [6.07, 6.45) is 0. The van der Waals surface area contributed by atoms with E-state index in [2.05, 4.69) is 175 Å². The van der Waals surface area contributed by atoms with Crippen molar-refractivity contribution in [2.45, 2.75) is 0 Å². The van der Waals surface area contributed by atoms with Gasteiger partial charge in [0, 0.05) is 38.7 Å². The highest BCUT2D eigenvalue weighted by Crippen LogP contribution is 2.49. The number of nitrogens with zero attached hydrogens (tertiary/aromatic N) is 1. The molecule has 240 valence electrons. The summed E-state index contributed by atoms with van der Waals surface area (Å²) >= 11 is 0. The number of hydrogen-bond acceptors (Lipinski definition) is 2. The van der Waals surface area contributed by atoms with Gasteiger partial charge < -0.3 is 9.32 Å². The second kappa shape index (κ2) is 10.3. The van der Waals surface area contributed by atoms with E-state index in [-0.39, 0.29) is 0 Å². The Bertz CT molecular complexity index is 3420. The van der Waals surface area contributed by atoms with Gasteiger partial charge in [0.05, 0.1) is 11.4 Å². The lowest BCUT2D eigenvalue weighted by molar-refractivity contribution is 0.669. The molecule has 0 saturated heterocycles. The Kier molecular flexibility index (Phi) is 5.53. The van der Waals surface area contributed by atoms with Crippen molar-refractivity contribution in [3.05, 3.63) is 176 Å². The fraction of sp³-hybridized carbons (Fsp3) is 0. The fourth-order valence-electron chi connectivity index (χ4n) is 9.13. The van der Waals surface area contributed by atoms with Gasteiger partial charge in [-0.2, -0.15) is 0 Å². The van der Waals surface area contributed by atoms with E-state index in [1.54, 1.807) is 0 Å². The molecule has 52 heavy (non-hydrogen) atoms. The van der Waals surface area contributed by atoms with Crippen LogP contribution in [0.4, 0.5) is 17.1 Å². The maximum absolute atomic E-state index is 6.50. The van der Waals surface area contributed by atoms with Crippen molar-refractivity contribution in [2.75, 3.05) is 4.90 Å². The van der Waals surface area contributed by atoms with Gasteiger partial charge in [-0.3, -0.25) is 0 Å². The van der Waals surface area contributed by atoms with E-state index in [1.165, 1.54) is 75.4 Å². The Labute approximate surface area is 298 Å². The molecule has 0 bridgehead atoms. The second-order valence-corrected chi connectivity index (χ2v) is 14.0. The van der Waals surface area contributed by atoms with Crippen LogP contribution in [0.3, 0.4) is 0 Å². The van der Waals surface area contributed by atoms with Crippen LogP contribution in [0, 0.1) is 0 Å². The Morgan fingerprint density at radius 1 is 0.288 bits per heavy atom. The van der Waals surface area contributed by atoms with Crippen LogP contribution in [0.1, 0.15) is 0 Å². The van der Waals surface area contributed by atoms with Crippen molar-refractivity contribution >= 4 is 114 Å². The number of benzene rings is 10. The van der Waals surface area contributed by atoms with Crippen LogP contribution in [0.25, 0.3) is 97.3 Å². The minimum atomic E-state index is 0.878. The number of furan rings is 1. The molecule has 11 aromatic carbocycles. The van der Waals surface area contributed by atoms with Gasteiger partial charge in [-0.1, -0.05) is 140 Å². The van der Waals surface area contributed by atoms with Crippen molar-refractivity contribution in [2.24, 2.45) is 0 Å². The highest BCUT2D eigenvalue weighted by Gasteiger charge is 2.23. The Hall–Kier alpha value is -6.90. The quantitative estimate of drug-likeness (QED) is 0.176. The molecule has 0 atom stereocenters. The summed E-state index contributed by atoms with van der Waals surface area (Å²) in [5.74, 6) is 0. The molecular formula is C50H29NO. The lowest BCUT2D eigenvalue weighted by Crippen LogP contribution is -2.11. The van der Waals surface area contributed by atoms with E-state index in [0.29, 0.717) is 0 Å². The summed E-state index contributed by atoms with van der Waals surface area (Å²) in [6, 6.07) is 64.6. The number of hydrogen-bond donors (Lipinski definition) is 0. The smallest absolute Gasteiger partial charge is 0.137 e. The molecular weight excluding hydrogens is 631 g/mol. The van der Waals surface area contributed by atoms with E-state index >= 15 is 0 Å². The molecule has 2 nitrogen and oxygen atoms in total. The molecule has 1 aromatic heterocycles. The number of rotatable bonds is 3. The van der Waals surface area contributed by atoms with E-state index < -0.39 is 0 Å². The molecule has 0 fully saturated rings. The topological polar surface area (TPSA) is 16.4 Å². The van der Waals surface area contributed by atoms with Gasteiger partial charge in [0.25, 0.3) is 0 Å². The number of anilines is 3. The summed E-state index contributed by atoms with van der Waals surface area (Å²) < 4.78 is 6.50. The predicted octanol–water partition coefficient (Wildman–Crippen LogP) is 14.6. The predicted molar refractivity (Wildman–Crippen MR) is 222 cm³/mol. The van der Waals surface area contributed by atoms with Gasteiger partial charge in [0.15, 0.2) is 0 Å². The maximum atomic E-state index is 6.50. The van der Waals surface area contributed by atoms with E-state index in [9.17, 15) is 0 Å². The fourth-order valence-corrected chi connectivity index (χ4v) is 9.13. The standard InChI is InChI=1S/C50H29NO/c1-2-15-35-30(10-1)11-8-22-43(35)51(34-26-27-37-36-16-3-4-23-45(36)52-46(37)29-34)44-28-33-14-7-19-39-38-17-5-12-31-24-25-32-13-6-18-40(48(32)47(31)38)41-20-9-21-42(44)50(41)49(33)39/h1-29H. The molecule has 2 heteroatoms. The lowest BCUT2D eigenvalue weighted by Gasteiger charge is -2.29. The van der Waals surface area contributed by atoms with Crippen molar-refractivity contribution in [1.82, 2.24) is 0 Å². The normalized spacial score (nSPS) is 12.2. The average Bonchev–Trinajstić information content (AvgIpc) is 3.57. The van der Waals surface area contributed by atoms with Gasteiger partial charge in [0.1, 0.15) is 11.2 Å². The minimum Gasteiger partial charge on any atom is -0.456 e. The van der Waals surface area contributed by atoms with Crippen LogP contribution in [-0.2, 0) is 0 Å². The monoisotopic (exact) mass is 659 g/mol. The zero-order valence-corrected chi connectivity index (χ0v) is 28.1. The molecule has 0 aliphatic rings. The Balaban J connectivity index is 1.28. The minimum absolute atomic E-state index is 0.878. The molecule has 0 N–H and O–H groups in total. The van der Waals surface area contributed by atoms with Crippen molar-refractivity contribution in [3.63, 3.8) is 0 Å². The first-order valence-electron chi connectivity index (χ1n) is 17.9. The third-order valence-corrected chi connectivity index (χ3v) is 11.3. The Morgan fingerprint density at radius 3 is 1.58 bits per heavy atom. The van der Waals surface area contributed by atoms with Crippen molar-refractivity contribution < 1.29 is 4.42 Å². The van der Waals surface area contributed by atoms with Crippen LogP contribution in [0.15, 0.2) is 180 Å². The largest absolute Gasteiger partial charge is 0.456 e. The second-order valence-electron chi connectivity index (χ2n) is 14.0. The molecule has 0 aliphatic carbocycles. The van der Waals surface area contributed by atoms with Gasteiger partial charge in [-0.05, 0) is 89.6 Å². The van der Waals surface area contributed by atoms with E-state index in [1.807, 2.05) is 6.07 Å². The van der Waals surface area contributed by atoms with Crippen LogP contribution in [0.2, 0.25) is 0 Å². The molecule has 0 spiro atoms. The first-order chi connectivity index (χ1) is 25.8. The average molecular weight is 660 g/mol. The first-order valence-corrected chi connectivity index (χ1v) is 17.9. The van der Waals surface area contributed by atoms with E-state index in [0.717, 1.165) is 39.0 Å². The third kappa shape index (κ3) is 3.73. The van der Waals surface area contributed by atoms with Crippen LogP contribution in [-0.4, -0.2) is 0 Å². The summed E-state index contributed by atoms with van der Waals surface area (Å²) in [6.45, 7) is 0. The third-order valence-electron chi connectivity index (χ3n) is 11.3. The zero-order chi connectivity index (χ0) is 33.9. The molecule has 0 aliphatic heterocycles. The van der Waals surface area contributed by atoms with Gasteiger partial charge >= 0.3 is 0 Å². The maximum Gasteiger partial charge on any atom is 0.137 e. The van der Waals surface area contributed by atoms with Crippen LogP contribution >= 0.6 is 0 Å². The molecule has 12 aromatic rings. The molecule has 0 radical (unpaired) electrons. The summed E-state index contributed by atoms with van der Waals surface area (Å²) in [5, 5.41) is 19.9. The zero-order valence-electron chi connectivity index (χ0n) is 28.1. The van der Waals surface area contributed by atoms with E-state index in [4.69, 9.17) is 4.42 Å². The van der Waals surface area contributed by atoms with Crippen LogP contribution in [0.5, 0.6) is 0 Å². The lowest BCUT2D eigenvalue weighted by atomic mass is 9.87. The molecule has 0 saturated carbocycles. The Morgan fingerprint density at radius 2 is 0.808 bits per heavy atom. The number of fused-ring (bicyclic) bond motifs is 6. The van der Waals surface area contributed by atoms with Crippen LogP contribution < -0.4 is 4.90 Å².